The van der Waals surface area contributed by atoms with Gasteiger partial charge in [-0.25, -0.2) is 0 Å². The molecule has 3 aromatic carbocycles. The first-order valence-electron chi connectivity index (χ1n) is 9.68. The molecule has 3 N–H and O–H groups in total. The Morgan fingerprint density at radius 2 is 1.46 bits per heavy atom. The Labute approximate surface area is 167 Å². The third kappa shape index (κ3) is 5.13. The molecule has 3 aromatic rings. The molecule has 0 aliphatic rings. The predicted molar refractivity (Wildman–Crippen MR) is 116 cm³/mol. The number of nitrogens with zero attached hydrogens (tertiary/aromatic N) is 1. The fourth-order valence-electron chi connectivity index (χ4n) is 3.18. The number of nitrogens with two attached hydrogens (primary N) is 1. The van der Waals surface area contributed by atoms with Crippen LogP contribution >= 0.6 is 0 Å². The average molecular weight is 374 g/mol. The van der Waals surface area contributed by atoms with Crippen molar-refractivity contribution in [3.63, 3.8) is 0 Å². The minimum atomic E-state index is -0.0877. The van der Waals surface area contributed by atoms with Crippen molar-refractivity contribution >= 4 is 17.3 Å². The van der Waals surface area contributed by atoms with E-state index in [0.29, 0.717) is 30.9 Å². The molecule has 0 aromatic heterocycles. The maximum Gasteiger partial charge on any atom is 0.253 e. The summed E-state index contributed by atoms with van der Waals surface area (Å²) in [6.07, 6.45) is 0.890. The molecule has 4 heteroatoms. The van der Waals surface area contributed by atoms with Gasteiger partial charge < -0.3 is 16.0 Å². The van der Waals surface area contributed by atoms with Crippen LogP contribution in [0.3, 0.4) is 0 Å². The van der Waals surface area contributed by atoms with Crippen LogP contribution in [0.5, 0.6) is 0 Å². The van der Waals surface area contributed by atoms with Crippen LogP contribution in [0, 0.1) is 0 Å². The summed E-state index contributed by atoms with van der Waals surface area (Å²) in [4.78, 5) is 15.0. The van der Waals surface area contributed by atoms with Crippen molar-refractivity contribution in [2.75, 3.05) is 17.2 Å². The summed E-state index contributed by atoms with van der Waals surface area (Å²) in [5.41, 5.74) is 10.5. The summed E-state index contributed by atoms with van der Waals surface area (Å²) in [6, 6.07) is 26.1. The van der Waals surface area contributed by atoms with E-state index >= 15 is 0 Å². The van der Waals surface area contributed by atoms with Crippen LogP contribution in [-0.2, 0) is 13.1 Å². The van der Waals surface area contributed by atoms with Crippen molar-refractivity contribution in [3.05, 3.63) is 95.6 Å². The van der Waals surface area contributed by atoms with E-state index in [1.165, 1.54) is 11.1 Å². The van der Waals surface area contributed by atoms with Gasteiger partial charge in [0.05, 0.1) is 11.3 Å². The molecule has 0 spiro atoms. The van der Waals surface area contributed by atoms with E-state index in [1.54, 1.807) is 6.07 Å². The third-order valence-electron chi connectivity index (χ3n) is 4.57. The summed E-state index contributed by atoms with van der Waals surface area (Å²) in [5.74, 6) is -0.0877. The zero-order chi connectivity index (χ0) is 19.8. The van der Waals surface area contributed by atoms with E-state index in [0.717, 1.165) is 12.1 Å². The number of nitrogen functional groups attached to an aromatic ring is 1. The molecular formula is C24H27N3O. The van der Waals surface area contributed by atoms with Crippen LogP contribution in [0.2, 0.25) is 0 Å². The summed E-state index contributed by atoms with van der Waals surface area (Å²) >= 11 is 0. The normalized spacial score (nSPS) is 10.5. The smallest absolute Gasteiger partial charge is 0.253 e. The van der Waals surface area contributed by atoms with Crippen LogP contribution in [0.1, 0.15) is 34.8 Å². The Morgan fingerprint density at radius 1 is 0.893 bits per heavy atom. The molecule has 144 valence electrons. The van der Waals surface area contributed by atoms with Crippen LogP contribution in [0.25, 0.3) is 0 Å². The van der Waals surface area contributed by atoms with Gasteiger partial charge in [-0.3, -0.25) is 4.79 Å². The van der Waals surface area contributed by atoms with E-state index < -0.39 is 0 Å². The molecule has 0 aliphatic carbocycles. The number of hydrogen-bond donors (Lipinski definition) is 2. The van der Waals surface area contributed by atoms with Crippen molar-refractivity contribution in [1.82, 2.24) is 5.32 Å². The number of nitrogens with one attached hydrogen (secondary N) is 1. The monoisotopic (exact) mass is 373 g/mol. The molecule has 4 nitrogen and oxygen atoms in total. The zero-order valence-electron chi connectivity index (χ0n) is 16.3. The first-order chi connectivity index (χ1) is 13.7. The lowest BCUT2D eigenvalue weighted by atomic mass is 10.1. The largest absolute Gasteiger partial charge is 0.399 e. The van der Waals surface area contributed by atoms with Crippen LogP contribution < -0.4 is 16.0 Å². The van der Waals surface area contributed by atoms with Crippen molar-refractivity contribution < 1.29 is 4.79 Å². The molecule has 0 fully saturated rings. The van der Waals surface area contributed by atoms with Gasteiger partial charge in [-0.1, -0.05) is 67.6 Å². The van der Waals surface area contributed by atoms with Crippen molar-refractivity contribution in [2.24, 2.45) is 0 Å². The van der Waals surface area contributed by atoms with Gasteiger partial charge in [0.25, 0.3) is 5.91 Å². The van der Waals surface area contributed by atoms with E-state index in [9.17, 15) is 4.79 Å². The average Bonchev–Trinajstić information content (AvgIpc) is 2.73. The Balaban J connectivity index is 1.98. The lowest BCUT2D eigenvalue weighted by Crippen LogP contribution is -2.29. The highest BCUT2D eigenvalue weighted by Gasteiger charge is 2.18. The Bertz CT molecular complexity index is 853. The van der Waals surface area contributed by atoms with E-state index in [1.807, 2.05) is 55.5 Å². The minimum Gasteiger partial charge on any atom is -0.399 e. The van der Waals surface area contributed by atoms with Gasteiger partial charge in [0.1, 0.15) is 0 Å². The Hall–Kier alpha value is -3.27. The number of rotatable bonds is 8. The zero-order valence-corrected chi connectivity index (χ0v) is 16.3. The number of amides is 1. The van der Waals surface area contributed by atoms with E-state index in [2.05, 4.69) is 34.5 Å². The maximum atomic E-state index is 12.8. The van der Waals surface area contributed by atoms with Crippen molar-refractivity contribution in [1.29, 1.82) is 0 Å². The number of carbonyl (C=O) groups excluding carboxylic acids is 1. The standard InChI is InChI=1S/C24H27N3O/c1-2-15-26-24(28)22-16-21(25)13-14-23(22)27(17-19-9-5-3-6-10-19)18-20-11-7-4-8-12-20/h3-14,16H,2,15,17-18,25H2,1H3,(H,26,28). The second-order valence-electron chi connectivity index (χ2n) is 6.86. The lowest BCUT2D eigenvalue weighted by Gasteiger charge is -2.27. The Kier molecular flexibility index (Phi) is 6.68. The molecule has 0 unspecified atom stereocenters. The minimum absolute atomic E-state index is 0.0877. The lowest BCUT2D eigenvalue weighted by molar-refractivity contribution is 0.0954. The summed E-state index contributed by atoms with van der Waals surface area (Å²) in [6.45, 7) is 4.09. The maximum absolute atomic E-state index is 12.8. The highest BCUT2D eigenvalue weighted by Crippen LogP contribution is 2.27. The van der Waals surface area contributed by atoms with E-state index in [-0.39, 0.29) is 5.91 Å². The fourth-order valence-corrected chi connectivity index (χ4v) is 3.18. The third-order valence-corrected chi connectivity index (χ3v) is 4.57. The second kappa shape index (κ2) is 9.60. The topological polar surface area (TPSA) is 58.4 Å². The van der Waals surface area contributed by atoms with Gasteiger partial charge >= 0.3 is 0 Å². The van der Waals surface area contributed by atoms with E-state index in [4.69, 9.17) is 5.73 Å². The highest BCUT2D eigenvalue weighted by molar-refractivity contribution is 6.00. The molecular weight excluding hydrogens is 346 g/mol. The van der Waals surface area contributed by atoms with Crippen LogP contribution in [-0.4, -0.2) is 12.5 Å². The van der Waals surface area contributed by atoms with Gasteiger partial charge in [-0.05, 0) is 35.7 Å². The van der Waals surface area contributed by atoms with Gasteiger partial charge in [0.15, 0.2) is 0 Å². The molecule has 0 bridgehead atoms. The van der Waals surface area contributed by atoms with Crippen molar-refractivity contribution in [3.8, 4) is 0 Å². The summed E-state index contributed by atoms with van der Waals surface area (Å²) in [5, 5.41) is 2.98. The van der Waals surface area contributed by atoms with Crippen LogP contribution in [0.4, 0.5) is 11.4 Å². The predicted octanol–water partition coefficient (Wildman–Crippen LogP) is 4.62. The quantitative estimate of drug-likeness (QED) is 0.567. The molecule has 1 amide bonds. The molecule has 0 saturated carbocycles. The first kappa shape index (κ1) is 19.5. The Morgan fingerprint density at radius 3 is 2.00 bits per heavy atom. The van der Waals surface area contributed by atoms with Gasteiger partial charge in [0.2, 0.25) is 0 Å². The van der Waals surface area contributed by atoms with Gasteiger partial charge in [0, 0.05) is 25.3 Å². The highest BCUT2D eigenvalue weighted by atomic mass is 16.1. The molecule has 0 aliphatic heterocycles. The summed E-state index contributed by atoms with van der Waals surface area (Å²) in [7, 11) is 0. The molecule has 0 saturated heterocycles. The van der Waals surface area contributed by atoms with Crippen LogP contribution in [0.15, 0.2) is 78.9 Å². The SMILES string of the molecule is CCCNC(=O)c1cc(N)ccc1N(Cc1ccccc1)Cc1ccccc1. The fraction of sp³-hybridized carbons (Fsp3) is 0.208. The summed E-state index contributed by atoms with van der Waals surface area (Å²) < 4.78 is 0. The molecule has 0 atom stereocenters. The molecule has 0 heterocycles. The van der Waals surface area contributed by atoms with Gasteiger partial charge in [-0.15, -0.1) is 0 Å². The van der Waals surface area contributed by atoms with Gasteiger partial charge in [-0.2, -0.15) is 0 Å². The number of anilines is 2. The number of hydrogen-bond acceptors (Lipinski definition) is 3. The van der Waals surface area contributed by atoms with Crippen molar-refractivity contribution in [2.45, 2.75) is 26.4 Å². The first-order valence-corrected chi connectivity index (χ1v) is 9.68. The molecule has 0 radical (unpaired) electrons. The molecule has 3 rings (SSSR count). The molecule has 28 heavy (non-hydrogen) atoms. The number of carbonyl (C=O) groups is 1. The second-order valence-corrected chi connectivity index (χ2v) is 6.86. The number of benzene rings is 3.